The number of nitrogens with one attached hydrogen (secondary N) is 1. The van der Waals surface area contributed by atoms with Crippen LogP contribution in [-0.2, 0) is 4.74 Å². The van der Waals surface area contributed by atoms with Crippen LogP contribution in [0.1, 0.15) is 55.9 Å². The molecule has 1 saturated heterocycles. The summed E-state index contributed by atoms with van der Waals surface area (Å²) in [5.41, 5.74) is 0.240. The highest BCUT2D eigenvalue weighted by molar-refractivity contribution is 6.33. The lowest BCUT2D eigenvalue weighted by Crippen LogP contribution is -2.32. The van der Waals surface area contributed by atoms with Gasteiger partial charge in [-0.05, 0) is 31.6 Å². The van der Waals surface area contributed by atoms with Crippen molar-refractivity contribution in [1.29, 1.82) is 0 Å². The monoisotopic (exact) mass is 366 g/mol. The van der Waals surface area contributed by atoms with Gasteiger partial charge in [0.2, 0.25) is 5.95 Å². The van der Waals surface area contributed by atoms with Crippen molar-refractivity contribution in [3.63, 3.8) is 0 Å². The second kappa shape index (κ2) is 8.81. The molecule has 0 bridgehead atoms. The number of halogens is 1. The number of amides is 1. The number of carbonyl (C=O) groups is 1. The van der Waals surface area contributed by atoms with Crippen molar-refractivity contribution in [3.05, 3.63) is 16.9 Å². The second-order valence-electron chi connectivity index (χ2n) is 6.99. The van der Waals surface area contributed by atoms with Crippen molar-refractivity contribution in [1.82, 2.24) is 15.3 Å². The summed E-state index contributed by atoms with van der Waals surface area (Å²) in [6.07, 6.45) is 8.96. The van der Waals surface area contributed by atoms with E-state index in [1.807, 2.05) is 0 Å². The first-order valence-corrected chi connectivity index (χ1v) is 9.70. The van der Waals surface area contributed by atoms with E-state index in [2.05, 4.69) is 27.1 Å². The van der Waals surface area contributed by atoms with Gasteiger partial charge in [-0.1, -0.05) is 31.4 Å². The van der Waals surface area contributed by atoms with E-state index < -0.39 is 0 Å². The summed E-state index contributed by atoms with van der Waals surface area (Å²) in [4.78, 5) is 23.1. The fourth-order valence-corrected chi connectivity index (χ4v) is 3.75. The molecule has 2 heterocycles. The van der Waals surface area contributed by atoms with Gasteiger partial charge in [-0.2, -0.15) is 0 Å². The molecule has 1 aromatic heterocycles. The van der Waals surface area contributed by atoms with Crippen LogP contribution >= 0.6 is 11.6 Å². The minimum atomic E-state index is -0.270. The SMILES string of the molecule is C[C@H]1CCCC[C@@H]1OCCNC(=O)c1nc(N2CCCC2)ncc1Cl. The lowest BCUT2D eigenvalue weighted by Gasteiger charge is -2.28. The third kappa shape index (κ3) is 4.82. The average Bonchev–Trinajstić information content (AvgIpc) is 3.15. The summed E-state index contributed by atoms with van der Waals surface area (Å²) < 4.78 is 5.93. The molecule has 7 heteroatoms. The zero-order valence-corrected chi connectivity index (χ0v) is 15.6. The van der Waals surface area contributed by atoms with E-state index in [4.69, 9.17) is 16.3 Å². The highest BCUT2D eigenvalue weighted by Gasteiger charge is 2.22. The van der Waals surface area contributed by atoms with Gasteiger partial charge in [0.15, 0.2) is 5.69 Å². The van der Waals surface area contributed by atoms with Gasteiger partial charge in [-0.25, -0.2) is 9.97 Å². The van der Waals surface area contributed by atoms with Gasteiger partial charge in [0.1, 0.15) is 0 Å². The van der Waals surface area contributed by atoms with Crippen molar-refractivity contribution >= 4 is 23.5 Å². The number of nitrogens with zero attached hydrogens (tertiary/aromatic N) is 3. The summed E-state index contributed by atoms with van der Waals surface area (Å²) in [5, 5.41) is 3.13. The van der Waals surface area contributed by atoms with Gasteiger partial charge in [-0.3, -0.25) is 4.79 Å². The average molecular weight is 367 g/mol. The molecule has 138 valence electrons. The van der Waals surface area contributed by atoms with Gasteiger partial charge in [0.25, 0.3) is 5.91 Å². The van der Waals surface area contributed by atoms with Crippen LogP contribution in [-0.4, -0.2) is 48.2 Å². The molecule has 2 fully saturated rings. The van der Waals surface area contributed by atoms with E-state index in [1.165, 1.54) is 25.5 Å². The molecule has 1 aliphatic carbocycles. The zero-order chi connectivity index (χ0) is 17.6. The van der Waals surface area contributed by atoms with E-state index in [9.17, 15) is 4.79 Å². The summed E-state index contributed by atoms with van der Waals surface area (Å²) in [5.74, 6) is 0.913. The molecule has 0 unspecified atom stereocenters. The molecule has 1 saturated carbocycles. The Morgan fingerprint density at radius 3 is 2.84 bits per heavy atom. The molecule has 2 atom stereocenters. The first kappa shape index (κ1) is 18.4. The number of rotatable bonds is 6. The molecule has 0 aromatic carbocycles. The maximum Gasteiger partial charge on any atom is 0.271 e. The van der Waals surface area contributed by atoms with Gasteiger partial charge in [0.05, 0.1) is 23.9 Å². The van der Waals surface area contributed by atoms with Crippen LogP contribution in [0.15, 0.2) is 6.20 Å². The Balaban J connectivity index is 1.49. The number of aromatic nitrogens is 2. The summed E-state index contributed by atoms with van der Waals surface area (Å²) >= 11 is 6.12. The second-order valence-corrected chi connectivity index (χ2v) is 7.39. The van der Waals surface area contributed by atoms with E-state index >= 15 is 0 Å². The highest BCUT2D eigenvalue weighted by atomic mass is 35.5. The van der Waals surface area contributed by atoms with Crippen LogP contribution in [0, 0.1) is 5.92 Å². The van der Waals surface area contributed by atoms with Crippen LogP contribution in [0.3, 0.4) is 0 Å². The first-order chi connectivity index (χ1) is 12.1. The molecule has 1 N–H and O–H groups in total. The predicted molar refractivity (Wildman–Crippen MR) is 98.2 cm³/mol. The number of hydrogen-bond donors (Lipinski definition) is 1. The summed E-state index contributed by atoms with van der Waals surface area (Å²) in [6.45, 7) is 5.07. The number of carbonyl (C=O) groups excluding carboxylic acids is 1. The van der Waals surface area contributed by atoms with Gasteiger partial charge < -0.3 is 15.0 Å². The molecular formula is C18H27ClN4O2. The first-order valence-electron chi connectivity index (χ1n) is 9.32. The zero-order valence-electron chi connectivity index (χ0n) is 14.8. The Labute approximate surface area is 154 Å². The van der Waals surface area contributed by atoms with Crippen LogP contribution in [0.5, 0.6) is 0 Å². The van der Waals surface area contributed by atoms with Crippen molar-refractivity contribution in [2.75, 3.05) is 31.1 Å². The maximum absolute atomic E-state index is 12.4. The molecule has 2 aliphatic rings. The van der Waals surface area contributed by atoms with Gasteiger partial charge >= 0.3 is 0 Å². The Kier molecular flexibility index (Phi) is 6.48. The minimum Gasteiger partial charge on any atom is -0.376 e. The Morgan fingerprint density at radius 2 is 2.08 bits per heavy atom. The number of ether oxygens (including phenoxy) is 1. The molecule has 1 aliphatic heterocycles. The lowest BCUT2D eigenvalue weighted by atomic mass is 9.88. The quantitative estimate of drug-likeness (QED) is 0.784. The van der Waals surface area contributed by atoms with Crippen LogP contribution < -0.4 is 10.2 Å². The van der Waals surface area contributed by atoms with Crippen LogP contribution in [0.25, 0.3) is 0 Å². The topological polar surface area (TPSA) is 67.3 Å². The summed E-state index contributed by atoms with van der Waals surface area (Å²) in [6, 6.07) is 0. The molecule has 0 radical (unpaired) electrons. The molecule has 1 aromatic rings. The maximum atomic E-state index is 12.4. The van der Waals surface area contributed by atoms with E-state index in [0.29, 0.717) is 31.1 Å². The summed E-state index contributed by atoms with van der Waals surface area (Å²) in [7, 11) is 0. The Hall–Kier alpha value is -1.40. The van der Waals surface area contributed by atoms with Crippen LogP contribution in [0.4, 0.5) is 5.95 Å². The number of anilines is 1. The minimum absolute atomic E-state index is 0.240. The highest BCUT2D eigenvalue weighted by Crippen LogP contribution is 2.26. The molecule has 25 heavy (non-hydrogen) atoms. The predicted octanol–water partition coefficient (Wildman–Crippen LogP) is 3.06. The van der Waals surface area contributed by atoms with E-state index in [0.717, 1.165) is 32.4 Å². The molecule has 0 spiro atoms. The fraction of sp³-hybridized carbons (Fsp3) is 0.722. The van der Waals surface area contributed by atoms with E-state index in [1.54, 1.807) is 0 Å². The third-order valence-electron chi connectivity index (χ3n) is 5.09. The third-order valence-corrected chi connectivity index (χ3v) is 5.36. The molecule has 6 nitrogen and oxygen atoms in total. The lowest BCUT2D eigenvalue weighted by molar-refractivity contribution is -0.00295. The Bertz CT molecular complexity index is 592. The van der Waals surface area contributed by atoms with Crippen molar-refractivity contribution in [2.45, 2.75) is 51.6 Å². The standard InChI is InChI=1S/C18H27ClN4O2/c1-13-6-2-3-7-15(13)25-11-8-20-17(24)16-14(19)12-21-18(22-16)23-9-4-5-10-23/h12-13,15H,2-11H2,1H3,(H,20,24)/t13-,15-/m0/s1. The molecular weight excluding hydrogens is 340 g/mol. The van der Waals surface area contributed by atoms with E-state index in [-0.39, 0.29) is 16.6 Å². The molecule has 1 amide bonds. The van der Waals surface area contributed by atoms with Crippen LogP contribution in [0.2, 0.25) is 5.02 Å². The normalized spacial score (nSPS) is 23.7. The van der Waals surface area contributed by atoms with Crippen molar-refractivity contribution < 1.29 is 9.53 Å². The van der Waals surface area contributed by atoms with Crippen molar-refractivity contribution in [2.24, 2.45) is 5.92 Å². The fourth-order valence-electron chi connectivity index (χ4n) is 3.57. The van der Waals surface area contributed by atoms with Crippen molar-refractivity contribution in [3.8, 4) is 0 Å². The smallest absolute Gasteiger partial charge is 0.271 e. The van der Waals surface area contributed by atoms with Gasteiger partial charge in [0, 0.05) is 19.6 Å². The Morgan fingerprint density at radius 1 is 1.32 bits per heavy atom. The molecule has 3 rings (SSSR count). The largest absolute Gasteiger partial charge is 0.376 e. The number of hydrogen-bond acceptors (Lipinski definition) is 5. The van der Waals surface area contributed by atoms with Gasteiger partial charge in [-0.15, -0.1) is 0 Å².